The number of hydrogen-bond donors (Lipinski definition) is 1. The molecule has 4 rings (SSSR count). The van der Waals surface area contributed by atoms with Crippen LogP contribution in [-0.4, -0.2) is 26.6 Å². The smallest absolute Gasteiger partial charge is 0.0765 e. The summed E-state index contributed by atoms with van der Waals surface area (Å²) in [5, 5.41) is 7.39. The van der Waals surface area contributed by atoms with Crippen LogP contribution < -0.4 is 0 Å². The van der Waals surface area contributed by atoms with Gasteiger partial charge in [0.1, 0.15) is 0 Å². The highest BCUT2D eigenvalue weighted by atomic mass is 15.2. The zero-order valence-corrected chi connectivity index (χ0v) is 15.1. The molecule has 0 atom stereocenters. The van der Waals surface area contributed by atoms with Crippen LogP contribution in [0.4, 0.5) is 0 Å². The third-order valence-electron chi connectivity index (χ3n) is 4.98. The van der Waals surface area contributed by atoms with Crippen LogP contribution >= 0.6 is 0 Å². The van der Waals surface area contributed by atoms with Crippen molar-refractivity contribution in [3.05, 3.63) is 70.3 Å². The van der Waals surface area contributed by atoms with Crippen molar-refractivity contribution in [1.29, 1.82) is 0 Å². The van der Waals surface area contributed by atoms with Crippen LogP contribution in [0.1, 0.15) is 33.9 Å². The van der Waals surface area contributed by atoms with Gasteiger partial charge in [-0.25, -0.2) is 0 Å². The molecule has 3 heterocycles. The van der Waals surface area contributed by atoms with Crippen molar-refractivity contribution in [3.63, 3.8) is 0 Å². The van der Waals surface area contributed by atoms with Gasteiger partial charge < -0.3 is 0 Å². The molecular formula is C21H24N4. The number of fused-ring (bicyclic) bond motifs is 1. The third-order valence-corrected chi connectivity index (χ3v) is 4.98. The van der Waals surface area contributed by atoms with E-state index < -0.39 is 0 Å². The molecule has 3 aromatic rings. The van der Waals surface area contributed by atoms with E-state index in [2.05, 4.69) is 63.4 Å². The number of aromatic amines is 1. The molecule has 4 heteroatoms. The van der Waals surface area contributed by atoms with E-state index in [4.69, 9.17) is 0 Å². The van der Waals surface area contributed by atoms with Gasteiger partial charge in [-0.3, -0.25) is 15.0 Å². The first-order chi connectivity index (χ1) is 12.1. The van der Waals surface area contributed by atoms with Gasteiger partial charge in [0.15, 0.2) is 0 Å². The number of rotatable bonds is 3. The maximum absolute atomic E-state index is 4.60. The molecule has 0 aliphatic carbocycles. The maximum atomic E-state index is 4.60. The Bertz CT molecular complexity index is 910. The molecule has 1 aliphatic heterocycles. The molecule has 0 saturated carbocycles. The first-order valence-electron chi connectivity index (χ1n) is 8.88. The molecule has 4 nitrogen and oxygen atoms in total. The van der Waals surface area contributed by atoms with Gasteiger partial charge in [0.2, 0.25) is 0 Å². The second kappa shape index (κ2) is 6.45. The third kappa shape index (κ3) is 3.35. The summed E-state index contributed by atoms with van der Waals surface area (Å²) >= 11 is 0. The number of H-pyrrole nitrogens is 1. The summed E-state index contributed by atoms with van der Waals surface area (Å²) in [7, 11) is 0. The number of aryl methyl sites for hydroxylation is 3. The number of pyridine rings is 1. The highest BCUT2D eigenvalue weighted by Gasteiger charge is 2.18. The molecule has 0 unspecified atom stereocenters. The van der Waals surface area contributed by atoms with Gasteiger partial charge in [0.25, 0.3) is 0 Å². The van der Waals surface area contributed by atoms with Crippen molar-refractivity contribution in [2.75, 3.05) is 6.54 Å². The monoisotopic (exact) mass is 332 g/mol. The van der Waals surface area contributed by atoms with Crippen molar-refractivity contribution >= 4 is 0 Å². The largest absolute Gasteiger partial charge is 0.293 e. The molecule has 25 heavy (non-hydrogen) atoms. The predicted molar refractivity (Wildman–Crippen MR) is 100 cm³/mol. The molecule has 1 aromatic carbocycles. The Balaban J connectivity index is 1.54. The van der Waals surface area contributed by atoms with Crippen LogP contribution in [0.15, 0.2) is 36.4 Å². The van der Waals surface area contributed by atoms with Gasteiger partial charge in [-0.1, -0.05) is 24.3 Å². The van der Waals surface area contributed by atoms with Gasteiger partial charge in [-0.15, -0.1) is 0 Å². The Labute approximate surface area is 148 Å². The minimum Gasteiger partial charge on any atom is -0.293 e. The van der Waals surface area contributed by atoms with Crippen molar-refractivity contribution in [3.8, 4) is 11.1 Å². The minimum absolute atomic E-state index is 0.909. The fourth-order valence-electron chi connectivity index (χ4n) is 3.69. The van der Waals surface area contributed by atoms with Crippen molar-refractivity contribution in [2.45, 2.75) is 40.3 Å². The fourth-order valence-corrected chi connectivity index (χ4v) is 3.69. The minimum atomic E-state index is 0.909. The summed E-state index contributed by atoms with van der Waals surface area (Å²) in [5.74, 6) is 0. The Hall–Kier alpha value is -2.46. The second-order valence-corrected chi connectivity index (χ2v) is 7.07. The van der Waals surface area contributed by atoms with E-state index in [1.54, 1.807) is 0 Å². The molecule has 1 aliphatic rings. The van der Waals surface area contributed by atoms with Crippen LogP contribution in [0.3, 0.4) is 0 Å². The molecule has 0 radical (unpaired) electrons. The summed E-state index contributed by atoms with van der Waals surface area (Å²) in [6.45, 7) is 9.16. The van der Waals surface area contributed by atoms with Gasteiger partial charge >= 0.3 is 0 Å². The highest BCUT2D eigenvalue weighted by Crippen LogP contribution is 2.28. The summed E-state index contributed by atoms with van der Waals surface area (Å²) < 4.78 is 0. The Morgan fingerprint density at radius 1 is 1.04 bits per heavy atom. The predicted octanol–water partition coefficient (Wildman–Crippen LogP) is 3.96. The molecular weight excluding hydrogens is 308 g/mol. The molecule has 1 N–H and O–H groups in total. The Kier molecular flexibility index (Phi) is 4.14. The lowest BCUT2D eigenvalue weighted by Crippen LogP contribution is -2.30. The Morgan fingerprint density at radius 2 is 1.92 bits per heavy atom. The average Bonchev–Trinajstić information content (AvgIpc) is 2.99. The SMILES string of the molecule is Cc1ccc(-c2ccc3c(c2)CCN(Cc2cc(C)[nH]n2)C3)c(C)n1. The van der Waals surface area contributed by atoms with Gasteiger partial charge in [0.05, 0.1) is 5.69 Å². The number of nitrogens with zero attached hydrogens (tertiary/aromatic N) is 3. The van der Waals surface area contributed by atoms with E-state index in [0.29, 0.717) is 0 Å². The fraction of sp³-hybridized carbons (Fsp3) is 0.333. The van der Waals surface area contributed by atoms with Crippen molar-refractivity contribution in [2.24, 2.45) is 0 Å². The average molecular weight is 332 g/mol. The number of hydrogen-bond acceptors (Lipinski definition) is 3. The normalized spacial score (nSPS) is 14.5. The van der Waals surface area contributed by atoms with Crippen LogP contribution in [-0.2, 0) is 19.5 Å². The molecule has 2 aromatic heterocycles. The van der Waals surface area contributed by atoms with E-state index in [1.165, 1.54) is 22.3 Å². The summed E-state index contributed by atoms with van der Waals surface area (Å²) in [4.78, 5) is 7.07. The van der Waals surface area contributed by atoms with Gasteiger partial charge in [-0.2, -0.15) is 5.10 Å². The molecule has 0 spiro atoms. The van der Waals surface area contributed by atoms with E-state index in [1.807, 2.05) is 13.8 Å². The van der Waals surface area contributed by atoms with Crippen LogP contribution in [0.2, 0.25) is 0 Å². The molecule has 0 saturated heterocycles. The molecule has 0 fully saturated rings. The molecule has 0 amide bonds. The number of benzene rings is 1. The standard InChI is InChI=1S/C21H24N4/c1-14-4-7-21(16(3)22-14)18-5-6-19-12-25(9-8-17(19)11-18)13-20-10-15(2)23-24-20/h4-7,10-11H,8-9,12-13H2,1-3H3,(H,23,24). The van der Waals surface area contributed by atoms with E-state index in [9.17, 15) is 0 Å². The van der Waals surface area contributed by atoms with Crippen LogP contribution in [0, 0.1) is 20.8 Å². The first kappa shape index (κ1) is 16.0. The summed E-state index contributed by atoms with van der Waals surface area (Å²) in [5.41, 5.74) is 9.84. The zero-order chi connectivity index (χ0) is 17.4. The molecule has 0 bridgehead atoms. The lowest BCUT2D eigenvalue weighted by Gasteiger charge is -2.28. The second-order valence-electron chi connectivity index (χ2n) is 7.07. The topological polar surface area (TPSA) is 44.8 Å². The maximum Gasteiger partial charge on any atom is 0.0765 e. The van der Waals surface area contributed by atoms with E-state index >= 15 is 0 Å². The van der Waals surface area contributed by atoms with E-state index in [0.717, 1.165) is 48.8 Å². The van der Waals surface area contributed by atoms with Crippen LogP contribution in [0.25, 0.3) is 11.1 Å². The highest BCUT2D eigenvalue weighted by molar-refractivity contribution is 5.67. The van der Waals surface area contributed by atoms with Gasteiger partial charge in [0, 0.05) is 42.3 Å². The quantitative estimate of drug-likeness (QED) is 0.790. The van der Waals surface area contributed by atoms with E-state index in [-0.39, 0.29) is 0 Å². The number of aromatic nitrogens is 3. The summed E-state index contributed by atoms with van der Waals surface area (Å²) in [6, 6.07) is 13.3. The Morgan fingerprint density at radius 3 is 2.68 bits per heavy atom. The van der Waals surface area contributed by atoms with Crippen molar-refractivity contribution in [1.82, 2.24) is 20.1 Å². The lowest BCUT2D eigenvalue weighted by molar-refractivity contribution is 0.242. The molecule has 128 valence electrons. The number of nitrogens with one attached hydrogen (secondary N) is 1. The van der Waals surface area contributed by atoms with Gasteiger partial charge in [-0.05, 0) is 56.0 Å². The first-order valence-corrected chi connectivity index (χ1v) is 8.88. The summed E-state index contributed by atoms with van der Waals surface area (Å²) in [6.07, 6.45) is 1.09. The van der Waals surface area contributed by atoms with Crippen LogP contribution in [0.5, 0.6) is 0 Å². The van der Waals surface area contributed by atoms with Crippen molar-refractivity contribution < 1.29 is 0 Å². The lowest BCUT2D eigenvalue weighted by atomic mass is 9.94. The zero-order valence-electron chi connectivity index (χ0n) is 15.1.